The van der Waals surface area contributed by atoms with Crippen LogP contribution in [0.1, 0.15) is 0 Å². The highest BCUT2D eigenvalue weighted by Gasteiger charge is 2.10. The lowest BCUT2D eigenvalue weighted by molar-refractivity contribution is -0.555. The van der Waals surface area contributed by atoms with E-state index in [9.17, 15) is 0 Å². The van der Waals surface area contributed by atoms with Gasteiger partial charge in [-0.25, -0.2) is 4.40 Å². The second-order valence-electron chi connectivity index (χ2n) is 2.56. The standard InChI is InChI=1S/C7H8N4S/c1-10-6-5(8)3-2-4-11(6)7(12)9-10/h2-4H,8H2,1H3. The summed E-state index contributed by atoms with van der Waals surface area (Å²) in [5, 5.41) is 4.59. The van der Waals surface area contributed by atoms with E-state index < -0.39 is 0 Å². The molecule has 0 spiro atoms. The Morgan fingerprint density at radius 3 is 3.08 bits per heavy atom. The van der Waals surface area contributed by atoms with Gasteiger partial charge in [-0.1, -0.05) is 0 Å². The average molecular weight is 180 g/mol. The molecule has 0 atom stereocenters. The van der Waals surface area contributed by atoms with E-state index >= 15 is 0 Å². The van der Waals surface area contributed by atoms with Crippen molar-refractivity contribution >= 4 is 24.0 Å². The molecular formula is C7H8N4S. The number of hydrogen-bond donors (Lipinski definition) is 1. The highest BCUT2D eigenvalue weighted by atomic mass is 32.1. The van der Waals surface area contributed by atoms with Crippen LogP contribution < -0.4 is 10.1 Å². The molecule has 0 fully saturated rings. The number of hydrogen-bond acceptors (Lipinski definition) is 3. The number of nitrogens with zero attached hydrogens (tertiary/aromatic N) is 3. The fourth-order valence-electron chi connectivity index (χ4n) is 1.24. The van der Waals surface area contributed by atoms with Gasteiger partial charge < -0.3 is 18.4 Å². The van der Waals surface area contributed by atoms with E-state index in [0.29, 0.717) is 10.8 Å². The highest BCUT2D eigenvalue weighted by molar-refractivity contribution is 7.58. The molecule has 0 unspecified atom stereocenters. The zero-order chi connectivity index (χ0) is 8.72. The van der Waals surface area contributed by atoms with Gasteiger partial charge >= 0.3 is 0 Å². The third kappa shape index (κ3) is 0.831. The molecule has 0 saturated carbocycles. The monoisotopic (exact) mass is 180 g/mol. The first kappa shape index (κ1) is 7.30. The third-order valence-corrected chi connectivity index (χ3v) is 2.02. The van der Waals surface area contributed by atoms with Crippen LogP contribution in [-0.2, 0) is 19.7 Å². The van der Waals surface area contributed by atoms with Gasteiger partial charge in [-0.2, -0.15) is 0 Å². The summed E-state index contributed by atoms with van der Waals surface area (Å²) in [7, 11) is 1.82. The lowest BCUT2D eigenvalue weighted by atomic mass is 10.4. The topological polar surface area (TPSA) is 47.9 Å². The number of anilines is 1. The molecule has 12 heavy (non-hydrogen) atoms. The van der Waals surface area contributed by atoms with Crippen molar-refractivity contribution in [3.63, 3.8) is 0 Å². The van der Waals surface area contributed by atoms with E-state index in [0.717, 1.165) is 5.65 Å². The van der Waals surface area contributed by atoms with E-state index in [1.165, 1.54) is 0 Å². The Bertz CT molecular complexity index is 434. The summed E-state index contributed by atoms with van der Waals surface area (Å²) < 4.78 is 3.46. The van der Waals surface area contributed by atoms with E-state index in [1.54, 1.807) is 9.08 Å². The molecule has 0 saturated heterocycles. The maximum Gasteiger partial charge on any atom is 0.286 e. The van der Waals surface area contributed by atoms with E-state index in [1.807, 2.05) is 25.4 Å². The van der Waals surface area contributed by atoms with Gasteiger partial charge in [0.1, 0.15) is 5.69 Å². The second-order valence-corrected chi connectivity index (χ2v) is 2.93. The van der Waals surface area contributed by atoms with Gasteiger partial charge in [0.25, 0.3) is 5.65 Å². The molecule has 2 aromatic rings. The number of rotatable bonds is 0. The van der Waals surface area contributed by atoms with Gasteiger partial charge in [-0.3, -0.25) is 0 Å². The summed E-state index contributed by atoms with van der Waals surface area (Å²) in [5.74, 6) is 0. The molecule has 0 aliphatic heterocycles. The van der Waals surface area contributed by atoms with Crippen LogP contribution in [0.2, 0.25) is 0 Å². The normalized spacial score (nSPS) is 10.8. The summed E-state index contributed by atoms with van der Waals surface area (Å²) in [6.45, 7) is 0. The molecule has 0 aliphatic rings. The largest absolute Gasteiger partial charge is 0.702 e. The van der Waals surface area contributed by atoms with Crippen molar-refractivity contribution in [1.29, 1.82) is 0 Å². The predicted molar refractivity (Wildman–Crippen MR) is 46.4 cm³/mol. The first-order chi connectivity index (χ1) is 5.70. The van der Waals surface area contributed by atoms with Crippen molar-refractivity contribution in [3.8, 4) is 0 Å². The minimum atomic E-state index is 0.528. The van der Waals surface area contributed by atoms with Crippen molar-refractivity contribution in [2.24, 2.45) is 7.05 Å². The lowest BCUT2D eigenvalue weighted by Gasteiger charge is -1.94. The molecule has 4 nitrogen and oxygen atoms in total. The first-order valence-corrected chi connectivity index (χ1v) is 3.91. The van der Waals surface area contributed by atoms with Crippen molar-refractivity contribution in [3.05, 3.63) is 18.3 Å². The predicted octanol–water partition coefficient (Wildman–Crippen LogP) is -0.353. The van der Waals surface area contributed by atoms with Gasteiger partial charge in [-0.05, 0) is 12.1 Å². The zero-order valence-electron chi connectivity index (χ0n) is 6.56. The van der Waals surface area contributed by atoms with Gasteiger partial charge in [0.2, 0.25) is 0 Å². The third-order valence-electron chi connectivity index (χ3n) is 1.75. The summed E-state index contributed by atoms with van der Waals surface area (Å²) in [5.41, 5.74) is 7.26. The number of aromatic nitrogens is 3. The molecule has 2 aromatic heterocycles. The van der Waals surface area contributed by atoms with Crippen molar-refractivity contribution in [2.45, 2.75) is 5.16 Å². The van der Waals surface area contributed by atoms with Gasteiger partial charge in [0.15, 0.2) is 5.16 Å². The molecule has 62 valence electrons. The smallest absolute Gasteiger partial charge is 0.286 e. The zero-order valence-corrected chi connectivity index (χ0v) is 7.38. The van der Waals surface area contributed by atoms with Crippen molar-refractivity contribution in [2.75, 3.05) is 5.73 Å². The van der Waals surface area contributed by atoms with Crippen LogP contribution in [0, 0.1) is 0 Å². The summed E-state index contributed by atoms with van der Waals surface area (Å²) in [6.07, 6.45) is 1.85. The Morgan fingerprint density at radius 2 is 2.42 bits per heavy atom. The minimum Gasteiger partial charge on any atom is -0.702 e. The molecule has 2 rings (SSSR count). The quantitative estimate of drug-likeness (QED) is 0.445. The number of pyridine rings is 1. The number of nitrogen functional groups attached to an aromatic ring is 1. The number of fused-ring (bicyclic) bond motifs is 1. The average Bonchev–Trinajstić information content (AvgIpc) is 2.29. The Hall–Kier alpha value is -1.36. The van der Waals surface area contributed by atoms with Gasteiger partial charge in [0.05, 0.1) is 13.2 Å². The molecule has 2 heterocycles. The summed E-state index contributed by atoms with van der Waals surface area (Å²) >= 11 is 5.01. The maximum atomic E-state index is 5.74. The highest BCUT2D eigenvalue weighted by Crippen LogP contribution is 2.06. The fraction of sp³-hybridized carbons (Fsp3) is 0.143. The summed E-state index contributed by atoms with van der Waals surface area (Å²) in [6, 6.07) is 3.67. The Kier molecular flexibility index (Phi) is 1.41. The summed E-state index contributed by atoms with van der Waals surface area (Å²) in [4.78, 5) is 0. The molecule has 2 N–H and O–H groups in total. The Balaban J connectivity index is 2.99. The molecular weight excluding hydrogens is 172 g/mol. The SMILES string of the molecule is Cn1nc([S-])[n+]2cccc(N)c12. The van der Waals surface area contributed by atoms with Crippen molar-refractivity contribution in [1.82, 2.24) is 9.78 Å². The molecule has 0 bridgehead atoms. The van der Waals surface area contributed by atoms with Crippen LogP contribution in [0.25, 0.3) is 5.65 Å². The fourth-order valence-corrected chi connectivity index (χ4v) is 1.51. The molecule has 0 radical (unpaired) electrons. The van der Waals surface area contributed by atoms with Crippen LogP contribution in [0.5, 0.6) is 0 Å². The van der Waals surface area contributed by atoms with Crippen LogP contribution in [0.3, 0.4) is 0 Å². The van der Waals surface area contributed by atoms with Crippen LogP contribution >= 0.6 is 0 Å². The van der Waals surface area contributed by atoms with Crippen LogP contribution in [0.15, 0.2) is 23.5 Å². The molecule has 0 amide bonds. The van der Waals surface area contributed by atoms with Crippen LogP contribution in [-0.4, -0.2) is 9.78 Å². The lowest BCUT2D eigenvalue weighted by Crippen LogP contribution is -2.23. The van der Waals surface area contributed by atoms with E-state index in [-0.39, 0.29) is 0 Å². The number of aryl methyl sites for hydroxylation is 1. The number of nitrogens with two attached hydrogens (primary N) is 1. The van der Waals surface area contributed by atoms with E-state index in [2.05, 4.69) is 5.10 Å². The molecule has 0 aliphatic carbocycles. The minimum absolute atomic E-state index is 0.528. The molecule has 5 heteroatoms. The van der Waals surface area contributed by atoms with Crippen molar-refractivity contribution < 1.29 is 4.40 Å². The first-order valence-electron chi connectivity index (χ1n) is 3.50. The Morgan fingerprint density at radius 1 is 1.67 bits per heavy atom. The molecule has 0 aromatic carbocycles. The van der Waals surface area contributed by atoms with Gasteiger partial charge in [-0.15, -0.1) is 4.68 Å². The van der Waals surface area contributed by atoms with Crippen LogP contribution in [0.4, 0.5) is 5.69 Å². The maximum absolute atomic E-state index is 5.74. The van der Waals surface area contributed by atoms with Gasteiger partial charge in [0, 0.05) is 5.10 Å². The second kappa shape index (κ2) is 2.31. The van der Waals surface area contributed by atoms with E-state index in [4.69, 9.17) is 18.4 Å². The Labute approximate surface area is 75.0 Å².